The summed E-state index contributed by atoms with van der Waals surface area (Å²) in [6.45, 7) is 2.14. The lowest BCUT2D eigenvalue weighted by molar-refractivity contribution is -0.0222. The van der Waals surface area contributed by atoms with Crippen LogP contribution in [0.5, 0.6) is 0 Å². The molecule has 7 heteroatoms. The summed E-state index contributed by atoms with van der Waals surface area (Å²) in [7, 11) is 0. The smallest absolute Gasteiger partial charge is 0.258 e. The van der Waals surface area contributed by atoms with Crippen LogP contribution in [-0.4, -0.2) is 27.8 Å². The van der Waals surface area contributed by atoms with E-state index in [-0.39, 0.29) is 11.4 Å². The van der Waals surface area contributed by atoms with Crippen molar-refractivity contribution >= 4 is 0 Å². The Morgan fingerprint density at radius 2 is 2.38 bits per heavy atom. The van der Waals surface area contributed by atoms with Gasteiger partial charge in [0, 0.05) is 17.8 Å². The number of hydrogen-bond donors (Lipinski definition) is 2. The summed E-state index contributed by atoms with van der Waals surface area (Å²) in [6.07, 6.45) is 5.21. The molecule has 1 saturated carbocycles. The van der Waals surface area contributed by atoms with Crippen LogP contribution in [0, 0.1) is 0 Å². The van der Waals surface area contributed by atoms with E-state index in [4.69, 9.17) is 15.0 Å². The Hall–Kier alpha value is -1.99. The fourth-order valence-corrected chi connectivity index (χ4v) is 2.04. The summed E-state index contributed by atoms with van der Waals surface area (Å²) in [5.74, 6) is 0.647. The predicted molar refractivity (Wildman–Crippen MR) is 75.5 cm³/mol. The van der Waals surface area contributed by atoms with Crippen LogP contribution in [0.4, 0.5) is 0 Å². The van der Waals surface area contributed by atoms with Crippen molar-refractivity contribution in [1.82, 2.24) is 15.1 Å². The van der Waals surface area contributed by atoms with Gasteiger partial charge in [-0.15, -0.1) is 0 Å². The highest BCUT2D eigenvalue weighted by atomic mass is 16.5. The Morgan fingerprint density at radius 1 is 1.57 bits per heavy atom. The van der Waals surface area contributed by atoms with E-state index in [1.807, 2.05) is 0 Å². The molecular formula is C14H18N4O3. The molecule has 112 valence electrons. The van der Waals surface area contributed by atoms with Crippen molar-refractivity contribution in [2.75, 3.05) is 6.61 Å². The first kappa shape index (κ1) is 14.0. The Balaban J connectivity index is 1.75. The Morgan fingerprint density at radius 3 is 3.05 bits per heavy atom. The van der Waals surface area contributed by atoms with Crippen molar-refractivity contribution in [1.29, 1.82) is 0 Å². The van der Waals surface area contributed by atoms with Crippen molar-refractivity contribution in [3.8, 4) is 11.5 Å². The first-order valence-electron chi connectivity index (χ1n) is 6.98. The number of nitrogens with two attached hydrogens (primary N) is 1. The maximum atomic E-state index is 11.3. The third-order valence-corrected chi connectivity index (χ3v) is 3.63. The highest BCUT2D eigenvalue weighted by Crippen LogP contribution is 2.25. The zero-order chi connectivity index (χ0) is 14.9. The molecule has 3 N–H and O–H groups in total. The van der Waals surface area contributed by atoms with E-state index in [9.17, 15) is 4.79 Å². The van der Waals surface area contributed by atoms with Gasteiger partial charge in [0.25, 0.3) is 5.89 Å². The standard InChI is InChI=1S/C14H18N4O3/c1-14(15,8-20-10-3-2-4-10)13-17-12(21-18-13)9-5-6-16-11(19)7-9/h5-7,10H,2-4,8,15H2,1H3,(H,16,19). The fraction of sp³-hybridized carbons (Fsp3) is 0.500. The molecular weight excluding hydrogens is 272 g/mol. The van der Waals surface area contributed by atoms with Crippen molar-refractivity contribution in [3.63, 3.8) is 0 Å². The minimum Gasteiger partial charge on any atom is -0.376 e. The lowest BCUT2D eigenvalue weighted by Crippen LogP contribution is -2.41. The normalized spacial score (nSPS) is 18.2. The number of ether oxygens (including phenoxy) is 1. The van der Waals surface area contributed by atoms with E-state index < -0.39 is 5.54 Å². The lowest BCUT2D eigenvalue weighted by Gasteiger charge is -2.29. The van der Waals surface area contributed by atoms with Gasteiger partial charge in [0.1, 0.15) is 5.54 Å². The molecule has 0 aromatic carbocycles. The summed E-state index contributed by atoms with van der Waals surface area (Å²) < 4.78 is 10.9. The van der Waals surface area contributed by atoms with Gasteiger partial charge in [-0.3, -0.25) is 4.79 Å². The summed E-state index contributed by atoms with van der Waals surface area (Å²) in [5.41, 5.74) is 5.72. The molecule has 3 rings (SSSR count). The number of pyridine rings is 1. The number of nitrogens with one attached hydrogen (secondary N) is 1. The van der Waals surface area contributed by atoms with Crippen LogP contribution in [0.3, 0.4) is 0 Å². The summed E-state index contributed by atoms with van der Waals surface area (Å²) in [4.78, 5) is 18.1. The van der Waals surface area contributed by atoms with Crippen LogP contribution in [0.1, 0.15) is 32.0 Å². The molecule has 1 unspecified atom stereocenters. The summed E-state index contributed by atoms with van der Waals surface area (Å²) >= 11 is 0. The Labute approximate surface area is 121 Å². The van der Waals surface area contributed by atoms with Crippen LogP contribution >= 0.6 is 0 Å². The van der Waals surface area contributed by atoms with Gasteiger partial charge in [0.2, 0.25) is 5.56 Å². The van der Waals surface area contributed by atoms with Crippen molar-refractivity contribution in [3.05, 3.63) is 34.5 Å². The second kappa shape index (κ2) is 5.42. The van der Waals surface area contributed by atoms with Crippen LogP contribution in [0.15, 0.2) is 27.6 Å². The third-order valence-electron chi connectivity index (χ3n) is 3.63. The van der Waals surface area contributed by atoms with Gasteiger partial charge < -0.3 is 20.0 Å². The average Bonchev–Trinajstić information content (AvgIpc) is 2.87. The number of H-pyrrole nitrogens is 1. The summed E-state index contributed by atoms with van der Waals surface area (Å²) in [5, 5.41) is 3.91. The molecule has 7 nitrogen and oxygen atoms in total. The highest BCUT2D eigenvalue weighted by Gasteiger charge is 2.30. The molecule has 0 aliphatic heterocycles. The van der Waals surface area contributed by atoms with Gasteiger partial charge in [-0.2, -0.15) is 4.98 Å². The zero-order valence-electron chi connectivity index (χ0n) is 11.8. The molecule has 2 aromatic heterocycles. The van der Waals surface area contributed by atoms with E-state index in [0.29, 0.717) is 24.1 Å². The second-order valence-electron chi connectivity index (χ2n) is 5.65. The number of aromatic nitrogens is 3. The second-order valence-corrected chi connectivity index (χ2v) is 5.65. The molecule has 21 heavy (non-hydrogen) atoms. The SMILES string of the molecule is CC(N)(COC1CCC1)c1noc(-c2cc[nH]c(=O)c2)n1. The molecule has 0 saturated heterocycles. The molecule has 2 heterocycles. The summed E-state index contributed by atoms with van der Waals surface area (Å²) in [6, 6.07) is 3.09. The number of aromatic amines is 1. The third kappa shape index (κ3) is 3.03. The Bertz CT molecular complexity index is 673. The number of nitrogens with zero attached hydrogens (tertiary/aromatic N) is 2. The van der Waals surface area contributed by atoms with E-state index in [1.165, 1.54) is 18.7 Å². The minimum atomic E-state index is -0.821. The quantitative estimate of drug-likeness (QED) is 0.856. The van der Waals surface area contributed by atoms with Crippen molar-refractivity contribution in [2.24, 2.45) is 5.73 Å². The van der Waals surface area contributed by atoms with Gasteiger partial charge in [-0.05, 0) is 32.3 Å². The van der Waals surface area contributed by atoms with Crippen LogP contribution in [0.2, 0.25) is 0 Å². The maximum absolute atomic E-state index is 11.3. The molecule has 0 spiro atoms. The predicted octanol–water partition coefficient (Wildman–Crippen LogP) is 1.17. The average molecular weight is 290 g/mol. The van der Waals surface area contributed by atoms with E-state index in [2.05, 4.69) is 15.1 Å². The number of hydrogen-bond acceptors (Lipinski definition) is 6. The van der Waals surface area contributed by atoms with E-state index >= 15 is 0 Å². The Kier molecular flexibility index (Phi) is 3.60. The molecule has 1 fully saturated rings. The first-order chi connectivity index (χ1) is 10.0. The first-order valence-corrected chi connectivity index (χ1v) is 6.98. The molecule has 2 aromatic rings. The highest BCUT2D eigenvalue weighted by molar-refractivity contribution is 5.51. The van der Waals surface area contributed by atoms with Crippen molar-refractivity contribution < 1.29 is 9.26 Å². The molecule has 1 atom stereocenters. The molecule has 0 bridgehead atoms. The van der Waals surface area contributed by atoms with Gasteiger partial charge >= 0.3 is 0 Å². The van der Waals surface area contributed by atoms with Crippen LogP contribution in [0.25, 0.3) is 11.5 Å². The number of rotatable bonds is 5. The van der Waals surface area contributed by atoms with E-state index in [1.54, 1.807) is 13.0 Å². The van der Waals surface area contributed by atoms with Gasteiger partial charge in [0.15, 0.2) is 5.82 Å². The van der Waals surface area contributed by atoms with Gasteiger partial charge in [0.05, 0.1) is 12.7 Å². The van der Waals surface area contributed by atoms with Crippen LogP contribution < -0.4 is 11.3 Å². The topological polar surface area (TPSA) is 107 Å². The lowest BCUT2D eigenvalue weighted by atomic mass is 9.95. The molecule has 0 amide bonds. The van der Waals surface area contributed by atoms with E-state index in [0.717, 1.165) is 12.8 Å². The largest absolute Gasteiger partial charge is 0.376 e. The van der Waals surface area contributed by atoms with Gasteiger partial charge in [-0.1, -0.05) is 5.16 Å². The van der Waals surface area contributed by atoms with Crippen LogP contribution in [-0.2, 0) is 10.3 Å². The minimum absolute atomic E-state index is 0.226. The molecule has 0 radical (unpaired) electrons. The van der Waals surface area contributed by atoms with Gasteiger partial charge in [-0.25, -0.2) is 0 Å². The zero-order valence-corrected chi connectivity index (χ0v) is 11.8. The molecule has 1 aliphatic carbocycles. The maximum Gasteiger partial charge on any atom is 0.258 e. The molecule has 1 aliphatic rings. The fourth-order valence-electron chi connectivity index (χ4n) is 2.04. The van der Waals surface area contributed by atoms with Crippen molar-refractivity contribution in [2.45, 2.75) is 37.8 Å². The monoisotopic (exact) mass is 290 g/mol.